The number of nitrogens with zero attached hydrogens (tertiary/aromatic N) is 2. The molecule has 0 atom stereocenters. The van der Waals surface area contributed by atoms with E-state index in [-0.39, 0.29) is 10.7 Å². The van der Waals surface area contributed by atoms with Gasteiger partial charge in [0.05, 0.1) is 17.1 Å². The van der Waals surface area contributed by atoms with E-state index in [0.717, 1.165) is 0 Å². The van der Waals surface area contributed by atoms with E-state index >= 15 is 0 Å². The van der Waals surface area contributed by atoms with Crippen molar-refractivity contribution in [2.45, 2.75) is 12.6 Å². The number of amides is 1. The summed E-state index contributed by atoms with van der Waals surface area (Å²) in [4.78, 5) is 11.4. The Morgan fingerprint density at radius 1 is 1.29 bits per heavy atom. The van der Waals surface area contributed by atoms with Crippen LogP contribution >= 0.6 is 11.6 Å². The van der Waals surface area contributed by atoms with E-state index in [2.05, 4.69) is 5.10 Å². The molecule has 0 spiro atoms. The van der Waals surface area contributed by atoms with Crippen LogP contribution in [0.4, 0.5) is 18.9 Å². The number of hydrazone groups is 1. The summed E-state index contributed by atoms with van der Waals surface area (Å²) in [5.74, 6) is -0.745. The smallest absolute Gasteiger partial charge is 0.272 e. The standard InChI is InChI=1S/C10H6ClF3N2O/c11-6-3-1-2-4-7(6)16-9(17)5-8(15-16)10(12,13)14/h1-4H,5H2. The zero-order valence-corrected chi connectivity index (χ0v) is 9.09. The summed E-state index contributed by atoms with van der Waals surface area (Å²) < 4.78 is 37.1. The Morgan fingerprint density at radius 3 is 2.47 bits per heavy atom. The van der Waals surface area contributed by atoms with Crippen molar-refractivity contribution in [1.29, 1.82) is 0 Å². The highest BCUT2D eigenvalue weighted by molar-refractivity contribution is 6.34. The van der Waals surface area contributed by atoms with Crippen molar-refractivity contribution < 1.29 is 18.0 Å². The molecule has 1 aromatic carbocycles. The van der Waals surface area contributed by atoms with Crippen molar-refractivity contribution >= 4 is 28.9 Å². The molecule has 0 saturated carbocycles. The maximum Gasteiger partial charge on any atom is 0.431 e. The van der Waals surface area contributed by atoms with Crippen LogP contribution in [0.25, 0.3) is 0 Å². The monoisotopic (exact) mass is 262 g/mol. The molecule has 1 heterocycles. The molecule has 1 aromatic rings. The van der Waals surface area contributed by atoms with Crippen LogP contribution in [0.3, 0.4) is 0 Å². The second-order valence-corrected chi connectivity index (χ2v) is 3.79. The lowest BCUT2D eigenvalue weighted by Crippen LogP contribution is -2.22. The Hall–Kier alpha value is -1.56. The predicted octanol–water partition coefficient (Wildman–Crippen LogP) is 3.00. The molecule has 0 aliphatic carbocycles. The summed E-state index contributed by atoms with van der Waals surface area (Å²) in [6.07, 6.45) is -5.35. The lowest BCUT2D eigenvalue weighted by atomic mass is 10.2. The third-order valence-electron chi connectivity index (χ3n) is 2.18. The van der Waals surface area contributed by atoms with E-state index < -0.39 is 24.2 Å². The van der Waals surface area contributed by atoms with Crippen LogP contribution in [0.2, 0.25) is 5.02 Å². The van der Waals surface area contributed by atoms with Gasteiger partial charge in [0, 0.05) is 0 Å². The molecule has 2 rings (SSSR count). The summed E-state index contributed by atoms with van der Waals surface area (Å²) in [5.41, 5.74) is -0.958. The van der Waals surface area contributed by atoms with Crippen LogP contribution in [0, 0.1) is 0 Å². The van der Waals surface area contributed by atoms with Crippen molar-refractivity contribution in [2.75, 3.05) is 5.01 Å². The summed E-state index contributed by atoms with van der Waals surface area (Å²) in [6.45, 7) is 0. The lowest BCUT2D eigenvalue weighted by Gasteiger charge is -2.12. The minimum atomic E-state index is -4.59. The highest BCUT2D eigenvalue weighted by atomic mass is 35.5. The average Bonchev–Trinajstić information content (AvgIpc) is 2.61. The van der Waals surface area contributed by atoms with Gasteiger partial charge in [-0.15, -0.1) is 0 Å². The van der Waals surface area contributed by atoms with E-state index in [9.17, 15) is 18.0 Å². The molecule has 0 N–H and O–H groups in total. The van der Waals surface area contributed by atoms with Gasteiger partial charge in [0.1, 0.15) is 0 Å². The van der Waals surface area contributed by atoms with Crippen LogP contribution in [0.1, 0.15) is 6.42 Å². The predicted molar refractivity (Wildman–Crippen MR) is 57.0 cm³/mol. The minimum absolute atomic E-state index is 0.151. The van der Waals surface area contributed by atoms with Gasteiger partial charge >= 0.3 is 6.18 Å². The zero-order chi connectivity index (χ0) is 12.6. The first kappa shape index (κ1) is 11.9. The van der Waals surface area contributed by atoms with Gasteiger partial charge < -0.3 is 0 Å². The van der Waals surface area contributed by atoms with Gasteiger partial charge in [-0.1, -0.05) is 23.7 Å². The van der Waals surface area contributed by atoms with E-state index in [1.54, 1.807) is 12.1 Å². The molecular weight excluding hydrogens is 257 g/mol. The summed E-state index contributed by atoms with van der Waals surface area (Å²) >= 11 is 5.79. The van der Waals surface area contributed by atoms with Gasteiger partial charge in [0.15, 0.2) is 5.71 Å². The Bertz CT molecular complexity index is 499. The molecule has 1 aliphatic rings. The number of halogens is 4. The Labute approximate surface area is 99.5 Å². The number of benzene rings is 1. The van der Waals surface area contributed by atoms with Crippen molar-refractivity contribution in [3.05, 3.63) is 29.3 Å². The first-order chi connectivity index (χ1) is 7.89. The van der Waals surface area contributed by atoms with Gasteiger partial charge in [0.25, 0.3) is 5.91 Å². The van der Waals surface area contributed by atoms with Crippen LogP contribution < -0.4 is 5.01 Å². The van der Waals surface area contributed by atoms with Crippen LogP contribution in [-0.4, -0.2) is 17.8 Å². The maximum absolute atomic E-state index is 12.4. The quantitative estimate of drug-likeness (QED) is 0.766. The normalized spacial score (nSPS) is 16.4. The number of carbonyl (C=O) groups is 1. The highest BCUT2D eigenvalue weighted by Crippen LogP contribution is 2.31. The molecular formula is C10H6ClF3N2O. The van der Waals surface area contributed by atoms with Crippen LogP contribution in [0.5, 0.6) is 0 Å². The zero-order valence-electron chi connectivity index (χ0n) is 8.33. The second kappa shape index (κ2) is 4.03. The third-order valence-corrected chi connectivity index (χ3v) is 2.50. The Morgan fingerprint density at radius 2 is 1.94 bits per heavy atom. The highest BCUT2D eigenvalue weighted by Gasteiger charge is 2.42. The molecule has 0 fully saturated rings. The largest absolute Gasteiger partial charge is 0.431 e. The van der Waals surface area contributed by atoms with Crippen LogP contribution in [0.15, 0.2) is 29.4 Å². The molecule has 17 heavy (non-hydrogen) atoms. The number of rotatable bonds is 1. The molecule has 7 heteroatoms. The summed E-state index contributed by atoms with van der Waals surface area (Å²) in [7, 11) is 0. The molecule has 1 aliphatic heterocycles. The van der Waals surface area contributed by atoms with Gasteiger partial charge in [-0.2, -0.15) is 23.3 Å². The fourth-order valence-electron chi connectivity index (χ4n) is 1.40. The van der Waals surface area contributed by atoms with Gasteiger partial charge in [-0.25, -0.2) is 0 Å². The molecule has 0 radical (unpaired) electrons. The van der Waals surface area contributed by atoms with E-state index in [0.29, 0.717) is 5.01 Å². The fraction of sp³-hybridized carbons (Fsp3) is 0.200. The molecule has 0 aromatic heterocycles. The van der Waals surface area contributed by atoms with Crippen molar-refractivity contribution in [3.8, 4) is 0 Å². The third kappa shape index (κ3) is 2.26. The first-order valence-electron chi connectivity index (χ1n) is 4.62. The van der Waals surface area contributed by atoms with E-state index in [4.69, 9.17) is 11.6 Å². The molecule has 3 nitrogen and oxygen atoms in total. The average molecular weight is 263 g/mol. The molecule has 0 bridgehead atoms. The number of hydrogen-bond acceptors (Lipinski definition) is 2. The number of anilines is 1. The van der Waals surface area contributed by atoms with Gasteiger partial charge in [0.2, 0.25) is 0 Å². The van der Waals surface area contributed by atoms with E-state index in [1.165, 1.54) is 12.1 Å². The van der Waals surface area contributed by atoms with Gasteiger partial charge in [-0.05, 0) is 12.1 Å². The molecule has 1 amide bonds. The Balaban J connectivity index is 2.38. The van der Waals surface area contributed by atoms with Gasteiger partial charge in [-0.3, -0.25) is 4.79 Å². The van der Waals surface area contributed by atoms with E-state index in [1.807, 2.05) is 0 Å². The molecule has 0 unspecified atom stereocenters. The summed E-state index contributed by atoms with van der Waals surface area (Å²) in [6, 6.07) is 6.09. The summed E-state index contributed by atoms with van der Waals surface area (Å²) in [5, 5.41) is 4.12. The number of carbonyl (C=O) groups excluding carboxylic acids is 1. The van der Waals surface area contributed by atoms with Crippen molar-refractivity contribution in [2.24, 2.45) is 5.10 Å². The van der Waals surface area contributed by atoms with Crippen molar-refractivity contribution in [1.82, 2.24) is 0 Å². The molecule has 0 saturated heterocycles. The lowest BCUT2D eigenvalue weighted by molar-refractivity contribution is -0.117. The Kier molecular flexibility index (Phi) is 2.82. The minimum Gasteiger partial charge on any atom is -0.272 e. The second-order valence-electron chi connectivity index (χ2n) is 3.38. The number of hydrogen-bond donors (Lipinski definition) is 0. The fourth-order valence-corrected chi connectivity index (χ4v) is 1.61. The SMILES string of the molecule is O=C1CC(C(F)(F)F)=NN1c1ccccc1Cl. The van der Waals surface area contributed by atoms with Crippen LogP contribution in [-0.2, 0) is 4.79 Å². The molecule has 90 valence electrons. The topological polar surface area (TPSA) is 32.7 Å². The number of alkyl halides is 3. The maximum atomic E-state index is 12.4. The number of para-hydroxylation sites is 1. The first-order valence-corrected chi connectivity index (χ1v) is 4.99. The van der Waals surface area contributed by atoms with Crippen molar-refractivity contribution in [3.63, 3.8) is 0 Å².